The molecule has 0 amide bonds. The number of ether oxygens (including phenoxy) is 5. The van der Waals surface area contributed by atoms with Crippen LogP contribution in [0.15, 0.2) is 11.6 Å². The highest BCUT2D eigenvalue weighted by molar-refractivity contribution is 5.85. The van der Waals surface area contributed by atoms with Gasteiger partial charge in [-0.1, -0.05) is 6.92 Å². The fourth-order valence-electron chi connectivity index (χ4n) is 11.4. The van der Waals surface area contributed by atoms with Crippen molar-refractivity contribution in [2.75, 3.05) is 19.8 Å². The van der Waals surface area contributed by atoms with Crippen LogP contribution in [0, 0.1) is 34.5 Å². The summed E-state index contributed by atoms with van der Waals surface area (Å²) in [7, 11) is 0. The molecule has 0 radical (unpaired) electrons. The molecule has 0 spiro atoms. The van der Waals surface area contributed by atoms with Crippen LogP contribution in [0.1, 0.15) is 71.6 Å². The van der Waals surface area contributed by atoms with Crippen molar-refractivity contribution in [3.8, 4) is 0 Å². The van der Waals surface area contributed by atoms with Crippen LogP contribution in [0.25, 0.3) is 0 Å². The summed E-state index contributed by atoms with van der Waals surface area (Å²) in [5.41, 5.74) is -0.641. The fourth-order valence-corrected chi connectivity index (χ4v) is 11.4. The Morgan fingerprint density at radius 1 is 0.837 bits per heavy atom. The number of aliphatic hydroxyl groups is 8. The third-order valence-corrected chi connectivity index (χ3v) is 14.2. The maximum absolute atomic E-state index is 12.5. The maximum atomic E-state index is 12.5. The lowest BCUT2D eigenvalue weighted by atomic mass is 9.43. The topological polar surface area (TPSA) is 225 Å². The van der Waals surface area contributed by atoms with Gasteiger partial charge in [0.2, 0.25) is 0 Å². The molecule has 8 N–H and O–H groups in total. The highest BCUT2D eigenvalue weighted by Gasteiger charge is 2.68. The number of hydrogen-bond donors (Lipinski definition) is 8. The number of hydrogen-bond acceptors (Lipinski definition) is 14. The van der Waals surface area contributed by atoms with E-state index in [0.717, 1.165) is 37.7 Å². The van der Waals surface area contributed by atoms with Gasteiger partial charge in [0, 0.05) is 18.1 Å². The Kier molecular flexibility index (Phi) is 9.80. The Labute approximate surface area is 285 Å². The number of cyclic esters (lactones) is 1. The molecule has 49 heavy (non-hydrogen) atoms. The first-order valence-corrected chi connectivity index (χ1v) is 18.1. The van der Waals surface area contributed by atoms with Crippen molar-refractivity contribution in [2.45, 2.75) is 145 Å². The van der Waals surface area contributed by atoms with Crippen molar-refractivity contribution in [1.29, 1.82) is 0 Å². The minimum atomic E-state index is -1.67. The number of carbonyl (C=O) groups is 1. The number of rotatable bonds is 7. The van der Waals surface area contributed by atoms with Crippen molar-refractivity contribution in [1.82, 2.24) is 0 Å². The summed E-state index contributed by atoms with van der Waals surface area (Å²) >= 11 is 0. The molecule has 18 atom stereocenters. The molecule has 278 valence electrons. The smallest absolute Gasteiger partial charge is 0.331 e. The maximum Gasteiger partial charge on any atom is 0.331 e. The van der Waals surface area contributed by atoms with Gasteiger partial charge in [-0.25, -0.2) is 4.79 Å². The summed E-state index contributed by atoms with van der Waals surface area (Å²) in [6.07, 6.45) is -5.76. The van der Waals surface area contributed by atoms with Crippen LogP contribution < -0.4 is 0 Å². The molecule has 6 fully saturated rings. The number of esters is 1. The van der Waals surface area contributed by atoms with E-state index in [-0.39, 0.29) is 53.2 Å². The van der Waals surface area contributed by atoms with Crippen molar-refractivity contribution in [2.24, 2.45) is 34.5 Å². The van der Waals surface area contributed by atoms with Crippen LogP contribution in [0.2, 0.25) is 0 Å². The Hall–Kier alpha value is -1.27. The van der Waals surface area contributed by atoms with Gasteiger partial charge in [0.1, 0.15) is 49.3 Å². The van der Waals surface area contributed by atoms with Gasteiger partial charge in [0.25, 0.3) is 0 Å². The Morgan fingerprint density at radius 3 is 2.27 bits per heavy atom. The SMILES string of the molecule is C[C@@H]1O[C@@H](O[C@@H]2CC[C@@]3(CO)[C@H](CC[C@@H]4[C@@H]3CC[C@]3(C)[C@@H](C5=CC(=O)OC5)CC[C@]43O)C2)[C@H](O)[C@H](O)[C@H]1O[C@@H]1O[C@H](CO)[C@@H](O)[C@H](O)[C@H]1O. The Bertz CT molecular complexity index is 1260. The van der Waals surface area contributed by atoms with E-state index in [0.29, 0.717) is 32.3 Å². The van der Waals surface area contributed by atoms with Crippen LogP contribution in [-0.2, 0) is 28.5 Å². The first-order chi connectivity index (χ1) is 23.3. The molecular weight excluding hydrogens is 644 g/mol. The molecule has 3 aliphatic heterocycles. The second-order valence-corrected chi connectivity index (χ2v) is 16.2. The third-order valence-electron chi connectivity index (χ3n) is 14.2. The average molecular weight is 699 g/mol. The van der Waals surface area contributed by atoms with E-state index in [1.54, 1.807) is 13.0 Å². The van der Waals surface area contributed by atoms with Crippen molar-refractivity contribution in [3.63, 3.8) is 0 Å². The van der Waals surface area contributed by atoms with Gasteiger partial charge in [0.15, 0.2) is 12.6 Å². The molecule has 0 aromatic carbocycles. The van der Waals surface area contributed by atoms with Crippen LogP contribution in [0.3, 0.4) is 0 Å². The van der Waals surface area contributed by atoms with Crippen LogP contribution in [-0.4, -0.2) is 140 Å². The molecule has 0 aromatic rings. The molecule has 4 saturated carbocycles. The molecule has 4 aliphatic carbocycles. The normalized spacial score (nSPS) is 54.4. The van der Waals surface area contributed by atoms with Crippen LogP contribution >= 0.6 is 0 Å². The largest absolute Gasteiger partial charge is 0.458 e. The number of aliphatic hydroxyl groups excluding tert-OH is 7. The minimum Gasteiger partial charge on any atom is -0.458 e. The molecule has 7 aliphatic rings. The zero-order valence-electron chi connectivity index (χ0n) is 28.3. The molecule has 0 unspecified atom stereocenters. The summed E-state index contributed by atoms with van der Waals surface area (Å²) in [5, 5.41) is 85.8. The molecule has 0 bridgehead atoms. The minimum absolute atomic E-state index is 0.0184. The van der Waals surface area contributed by atoms with E-state index in [1.807, 2.05) is 0 Å². The lowest BCUT2D eigenvalue weighted by Gasteiger charge is -2.64. The van der Waals surface area contributed by atoms with E-state index < -0.39 is 73.6 Å². The van der Waals surface area contributed by atoms with Gasteiger partial charge < -0.3 is 64.5 Å². The summed E-state index contributed by atoms with van der Waals surface area (Å²) in [6.45, 7) is 3.47. The summed E-state index contributed by atoms with van der Waals surface area (Å²) in [4.78, 5) is 11.9. The quantitative estimate of drug-likeness (QED) is 0.121. The molecule has 7 rings (SSSR count). The highest BCUT2D eigenvalue weighted by Crippen LogP contribution is 2.70. The van der Waals surface area contributed by atoms with Gasteiger partial charge >= 0.3 is 5.97 Å². The van der Waals surface area contributed by atoms with Crippen molar-refractivity contribution < 1.29 is 69.3 Å². The summed E-state index contributed by atoms with van der Waals surface area (Å²) in [5.74, 6) is 0.104. The zero-order valence-corrected chi connectivity index (χ0v) is 28.3. The van der Waals surface area contributed by atoms with Gasteiger partial charge in [-0.15, -0.1) is 0 Å². The first-order valence-electron chi connectivity index (χ1n) is 18.1. The molecule has 14 heteroatoms. The molecule has 0 aromatic heterocycles. The van der Waals surface area contributed by atoms with Crippen LogP contribution in [0.4, 0.5) is 0 Å². The second kappa shape index (κ2) is 13.3. The summed E-state index contributed by atoms with van der Waals surface area (Å²) in [6, 6.07) is 0. The highest BCUT2D eigenvalue weighted by atomic mass is 16.7. The average Bonchev–Trinajstić information content (AvgIpc) is 3.64. The molecule has 14 nitrogen and oxygen atoms in total. The van der Waals surface area contributed by atoms with E-state index in [4.69, 9.17) is 23.7 Å². The Balaban J connectivity index is 0.995. The number of fused-ring (bicyclic) bond motifs is 5. The zero-order chi connectivity index (χ0) is 35.0. The monoisotopic (exact) mass is 698 g/mol. The van der Waals surface area contributed by atoms with E-state index in [1.165, 1.54) is 0 Å². The second-order valence-electron chi connectivity index (χ2n) is 16.2. The van der Waals surface area contributed by atoms with Crippen molar-refractivity contribution in [3.05, 3.63) is 11.6 Å². The lowest BCUT2D eigenvalue weighted by Crippen LogP contribution is -2.64. The van der Waals surface area contributed by atoms with Crippen molar-refractivity contribution >= 4 is 5.97 Å². The van der Waals surface area contributed by atoms with Gasteiger partial charge in [0.05, 0.1) is 24.4 Å². The van der Waals surface area contributed by atoms with E-state index in [2.05, 4.69) is 6.92 Å². The van der Waals surface area contributed by atoms with E-state index in [9.17, 15) is 45.6 Å². The molecular formula is C35H54O14. The van der Waals surface area contributed by atoms with E-state index >= 15 is 0 Å². The van der Waals surface area contributed by atoms with Crippen LogP contribution in [0.5, 0.6) is 0 Å². The fraction of sp³-hybridized carbons (Fsp3) is 0.914. The van der Waals surface area contributed by atoms with Gasteiger partial charge in [-0.2, -0.15) is 0 Å². The number of carbonyl (C=O) groups excluding carboxylic acids is 1. The van der Waals surface area contributed by atoms with Gasteiger partial charge in [-0.05, 0) is 99.4 Å². The third kappa shape index (κ3) is 5.64. The lowest BCUT2D eigenvalue weighted by molar-refractivity contribution is -0.360. The Morgan fingerprint density at radius 2 is 1.57 bits per heavy atom. The summed E-state index contributed by atoms with van der Waals surface area (Å²) < 4.78 is 28.7. The first kappa shape index (κ1) is 36.1. The predicted molar refractivity (Wildman–Crippen MR) is 167 cm³/mol. The molecule has 3 heterocycles. The standard InChI is InChI=1S/C35H54O14/c1-16-30(49-32-28(42)26(40)25(39)23(13-36)48-32)27(41)29(43)31(46-16)47-19-5-9-34(15-37)18(12-19)3-4-22-21(34)6-8-33(2)20(7-10-35(22,33)44)17-11-24(38)45-14-17/h11,16,18-23,25-32,36-37,39-44H,3-10,12-15H2,1-2H3/t16-,18+,19+,20+,21-,22+,23+,25+,26-,27-,28+,29+,30-,31-,32-,33+,34+,35-/m0/s1. The van der Waals surface area contributed by atoms with Gasteiger partial charge in [-0.3, -0.25) is 0 Å². The molecule has 2 saturated heterocycles. The predicted octanol–water partition coefficient (Wildman–Crippen LogP) is -0.747.